The summed E-state index contributed by atoms with van der Waals surface area (Å²) in [5.41, 5.74) is 1.76. The molecule has 0 fully saturated rings. The molecule has 0 N–H and O–H groups in total. The SMILES string of the molecule is [2H]C([2H])([2H])OC(n1nnc2c([Si](C)(C)C)cccc21)([Si](C)(C)C)[Si](C)(C)C. The largest absolute Gasteiger partial charge is 0.364 e. The van der Waals surface area contributed by atoms with Crippen LogP contribution in [0.25, 0.3) is 11.0 Å². The van der Waals surface area contributed by atoms with Crippen molar-refractivity contribution in [3.8, 4) is 0 Å². The third-order valence-corrected chi connectivity index (χ3v) is 16.0. The molecule has 1 aromatic carbocycles. The zero-order chi connectivity index (χ0) is 21.1. The van der Waals surface area contributed by atoms with E-state index in [1.807, 2.05) is 16.8 Å². The summed E-state index contributed by atoms with van der Waals surface area (Å²) in [6.45, 7) is 19.8. The van der Waals surface area contributed by atoms with E-state index in [2.05, 4.69) is 75.3 Å². The Morgan fingerprint density at radius 1 is 1.00 bits per heavy atom. The number of rotatable bonds is 5. The van der Waals surface area contributed by atoms with Crippen LogP contribution in [0.3, 0.4) is 0 Å². The summed E-state index contributed by atoms with van der Waals surface area (Å²) < 4.78 is 31.6. The first kappa shape index (κ1) is 15.5. The lowest BCUT2D eigenvalue weighted by atomic mass is 10.3. The van der Waals surface area contributed by atoms with E-state index in [1.165, 1.54) is 5.19 Å². The van der Waals surface area contributed by atoms with Crippen LogP contribution >= 0.6 is 0 Å². The van der Waals surface area contributed by atoms with Crippen molar-refractivity contribution in [2.75, 3.05) is 7.04 Å². The highest BCUT2D eigenvalue weighted by Gasteiger charge is 2.56. The third kappa shape index (κ3) is 2.85. The Kier molecular flexibility index (Phi) is 3.80. The van der Waals surface area contributed by atoms with Gasteiger partial charge in [-0.05, 0) is 11.3 Å². The van der Waals surface area contributed by atoms with Crippen molar-refractivity contribution < 1.29 is 8.85 Å². The highest BCUT2D eigenvalue weighted by molar-refractivity contribution is 6.97. The molecule has 0 saturated carbocycles. The topological polar surface area (TPSA) is 39.9 Å². The van der Waals surface area contributed by atoms with Crippen molar-refractivity contribution in [2.45, 2.75) is 63.9 Å². The summed E-state index contributed by atoms with van der Waals surface area (Å²) in [5.74, 6) is 0. The molecule has 1 heterocycles. The first-order valence-electron chi connectivity index (χ1n) is 9.97. The van der Waals surface area contributed by atoms with Gasteiger partial charge in [0.2, 0.25) is 0 Å². The van der Waals surface area contributed by atoms with Gasteiger partial charge in [0.25, 0.3) is 0 Å². The zero-order valence-corrected chi connectivity index (χ0v) is 19.5. The molecule has 0 aliphatic heterocycles. The normalized spacial score (nSPS) is 16.8. The minimum absolute atomic E-state index is 0.879. The van der Waals surface area contributed by atoms with Crippen molar-refractivity contribution in [3.63, 3.8) is 0 Å². The van der Waals surface area contributed by atoms with Gasteiger partial charge in [-0.1, -0.05) is 76.3 Å². The molecule has 0 radical (unpaired) electrons. The molecule has 0 aliphatic carbocycles. The van der Waals surface area contributed by atoms with Gasteiger partial charge in [-0.15, -0.1) is 5.10 Å². The van der Waals surface area contributed by atoms with E-state index in [0.717, 1.165) is 11.0 Å². The van der Waals surface area contributed by atoms with Gasteiger partial charge in [-0.25, -0.2) is 4.68 Å². The maximum absolute atomic E-state index is 7.90. The van der Waals surface area contributed by atoms with E-state index in [-0.39, 0.29) is 0 Å². The van der Waals surface area contributed by atoms with Crippen LogP contribution in [0, 0.1) is 0 Å². The van der Waals surface area contributed by atoms with Gasteiger partial charge in [0.1, 0.15) is 26.6 Å². The van der Waals surface area contributed by atoms with E-state index < -0.39 is 36.2 Å². The van der Waals surface area contributed by atoms with E-state index in [1.54, 1.807) is 0 Å². The summed E-state index contributed by atoms with van der Waals surface area (Å²) in [6, 6.07) is 6.16. The average Bonchev–Trinajstić information content (AvgIpc) is 2.83. The molecule has 24 heavy (non-hydrogen) atoms. The lowest BCUT2D eigenvalue weighted by molar-refractivity contribution is 0.0435. The van der Waals surface area contributed by atoms with Gasteiger partial charge in [0.15, 0.2) is 0 Å². The number of nitrogens with zero attached hydrogens (tertiary/aromatic N) is 3. The van der Waals surface area contributed by atoms with Crippen molar-refractivity contribution in [1.82, 2.24) is 15.0 Å². The van der Waals surface area contributed by atoms with Crippen LogP contribution in [-0.2, 0) is 9.71 Å². The van der Waals surface area contributed by atoms with Gasteiger partial charge < -0.3 is 4.74 Å². The number of fused-ring (bicyclic) bond motifs is 1. The van der Waals surface area contributed by atoms with Crippen LogP contribution in [0.1, 0.15) is 4.11 Å². The molecule has 2 aromatic rings. The molecule has 1 aromatic heterocycles. The van der Waals surface area contributed by atoms with Crippen LogP contribution < -0.4 is 5.19 Å². The quantitative estimate of drug-likeness (QED) is 0.733. The first-order chi connectivity index (χ1) is 11.9. The fourth-order valence-electron chi connectivity index (χ4n) is 3.89. The Bertz CT molecular complexity index is 816. The lowest BCUT2D eigenvalue weighted by Crippen LogP contribution is -2.68. The molecule has 4 nitrogen and oxygen atoms in total. The minimum Gasteiger partial charge on any atom is -0.364 e. The molecule has 134 valence electrons. The third-order valence-electron chi connectivity index (χ3n) is 4.76. The molecule has 0 bridgehead atoms. The highest BCUT2D eigenvalue weighted by Crippen LogP contribution is 2.39. The smallest absolute Gasteiger partial charge is 0.132 e. The Morgan fingerprint density at radius 2 is 1.58 bits per heavy atom. The lowest BCUT2D eigenvalue weighted by Gasteiger charge is -2.50. The maximum atomic E-state index is 7.90. The Morgan fingerprint density at radius 3 is 2.04 bits per heavy atom. The zero-order valence-electron chi connectivity index (χ0n) is 19.5. The van der Waals surface area contributed by atoms with Gasteiger partial charge in [0.05, 0.1) is 17.7 Å². The molecular weight excluding hydrogens is 346 g/mol. The summed E-state index contributed by atoms with van der Waals surface area (Å²) in [4.78, 5) is -0.946. The predicted molar refractivity (Wildman–Crippen MR) is 112 cm³/mol. The maximum Gasteiger partial charge on any atom is 0.132 e. The van der Waals surface area contributed by atoms with E-state index in [4.69, 9.17) is 8.85 Å². The second kappa shape index (κ2) is 5.89. The van der Waals surface area contributed by atoms with Gasteiger partial charge in [-0.2, -0.15) is 0 Å². The van der Waals surface area contributed by atoms with Crippen molar-refractivity contribution >= 4 is 40.4 Å². The van der Waals surface area contributed by atoms with Crippen LogP contribution in [0.2, 0.25) is 58.9 Å². The van der Waals surface area contributed by atoms with Gasteiger partial charge in [0, 0.05) is 7.04 Å². The monoisotopic (exact) mass is 382 g/mol. The summed E-state index contributed by atoms with van der Waals surface area (Å²) in [6.07, 6.45) is 0. The number of methoxy groups -OCH3 is 1. The molecule has 2 rings (SSSR count). The number of hydrogen-bond acceptors (Lipinski definition) is 3. The minimum atomic E-state index is -2.50. The average molecular weight is 383 g/mol. The number of benzene rings is 1. The summed E-state index contributed by atoms with van der Waals surface area (Å²) in [7, 11) is -8.56. The fourth-order valence-corrected chi connectivity index (χ4v) is 16.6. The Labute approximate surface area is 153 Å². The molecule has 0 spiro atoms. The van der Waals surface area contributed by atoms with E-state index in [0.29, 0.717) is 0 Å². The summed E-state index contributed by atoms with van der Waals surface area (Å²) in [5, 5.41) is 10.3. The second-order valence-corrected chi connectivity index (χ2v) is 25.6. The molecule has 7 heteroatoms. The highest BCUT2D eigenvalue weighted by atomic mass is 28.4. The Hall–Kier alpha value is -0.769. The standard InChI is InChI=1S/C17H33N3OSi3/c1-21-17(23(5,6)7,24(8,9)10)20-14-12-11-13-15(22(2,3)4)16(14)18-19-20/h11-13H,1-10H3/i1D3. The van der Waals surface area contributed by atoms with Gasteiger partial charge >= 0.3 is 0 Å². The van der Waals surface area contributed by atoms with Crippen molar-refractivity contribution in [1.29, 1.82) is 0 Å². The van der Waals surface area contributed by atoms with Gasteiger partial charge in [-0.3, -0.25) is 0 Å². The molecule has 0 amide bonds. The number of ether oxygens (including phenoxy) is 1. The molecular formula is C17H33N3OSi3. The molecule has 0 atom stereocenters. The van der Waals surface area contributed by atoms with E-state index >= 15 is 0 Å². The van der Waals surface area contributed by atoms with Crippen LogP contribution in [0.5, 0.6) is 0 Å². The van der Waals surface area contributed by atoms with Crippen molar-refractivity contribution in [2.24, 2.45) is 0 Å². The van der Waals surface area contributed by atoms with Crippen molar-refractivity contribution in [3.05, 3.63) is 18.2 Å². The first-order valence-corrected chi connectivity index (χ1v) is 19.0. The summed E-state index contributed by atoms with van der Waals surface area (Å²) >= 11 is 0. The molecule has 0 saturated heterocycles. The predicted octanol–water partition coefficient (Wildman–Crippen LogP) is 4.03. The number of hydrogen-bond donors (Lipinski definition) is 0. The van der Waals surface area contributed by atoms with E-state index in [9.17, 15) is 0 Å². The molecule has 0 aliphatic rings. The molecule has 0 unspecified atom stereocenters. The fraction of sp³-hybridized carbons (Fsp3) is 0.647. The number of aromatic nitrogens is 3. The van der Waals surface area contributed by atoms with Crippen LogP contribution in [-0.4, -0.2) is 46.3 Å². The second-order valence-electron chi connectivity index (χ2n) is 9.67. The van der Waals surface area contributed by atoms with Crippen LogP contribution in [0.15, 0.2) is 18.2 Å². The van der Waals surface area contributed by atoms with Crippen LogP contribution in [0.4, 0.5) is 0 Å². The Balaban J connectivity index is 2.94.